The largest absolute Gasteiger partial charge is 0.369 e. The standard InChI is InChI=1S/C19H22Cl2N2/c1-14-3-4-15(2)19(11-14)23-9-7-22(8-10-23)13-16-5-6-17(20)12-18(16)21/h3-6,11-12H,7-10,13H2,1-2H3. The van der Waals surface area contributed by atoms with E-state index in [2.05, 4.69) is 41.8 Å². The molecule has 2 aromatic carbocycles. The van der Waals surface area contributed by atoms with Crippen LogP contribution in [0, 0.1) is 13.8 Å². The zero-order chi connectivity index (χ0) is 16.4. The highest BCUT2D eigenvalue weighted by atomic mass is 35.5. The number of piperazine rings is 1. The molecule has 1 heterocycles. The summed E-state index contributed by atoms with van der Waals surface area (Å²) < 4.78 is 0. The highest BCUT2D eigenvalue weighted by Gasteiger charge is 2.19. The average Bonchev–Trinajstić information content (AvgIpc) is 2.53. The molecule has 0 N–H and O–H groups in total. The first-order valence-corrected chi connectivity index (χ1v) is 8.77. The maximum Gasteiger partial charge on any atom is 0.0465 e. The molecule has 0 spiro atoms. The zero-order valence-electron chi connectivity index (χ0n) is 13.6. The van der Waals surface area contributed by atoms with Crippen LogP contribution >= 0.6 is 23.2 Å². The number of benzene rings is 2. The number of aryl methyl sites for hydroxylation is 2. The molecule has 0 unspecified atom stereocenters. The summed E-state index contributed by atoms with van der Waals surface area (Å²) in [6.45, 7) is 9.43. The van der Waals surface area contributed by atoms with Crippen LogP contribution in [0.3, 0.4) is 0 Å². The summed E-state index contributed by atoms with van der Waals surface area (Å²) in [5, 5.41) is 1.45. The van der Waals surface area contributed by atoms with Crippen molar-refractivity contribution in [2.75, 3.05) is 31.1 Å². The Morgan fingerprint density at radius 2 is 1.65 bits per heavy atom. The van der Waals surface area contributed by atoms with Crippen molar-refractivity contribution < 1.29 is 0 Å². The molecule has 2 aromatic rings. The van der Waals surface area contributed by atoms with E-state index in [1.54, 1.807) is 0 Å². The van der Waals surface area contributed by atoms with Crippen LogP contribution in [-0.2, 0) is 6.54 Å². The Balaban J connectivity index is 1.63. The lowest BCUT2D eigenvalue weighted by atomic mass is 10.1. The molecule has 2 nitrogen and oxygen atoms in total. The van der Waals surface area contributed by atoms with E-state index < -0.39 is 0 Å². The highest BCUT2D eigenvalue weighted by molar-refractivity contribution is 6.35. The summed E-state index contributed by atoms with van der Waals surface area (Å²) in [6.07, 6.45) is 0. The maximum atomic E-state index is 6.29. The molecule has 1 fully saturated rings. The summed E-state index contributed by atoms with van der Waals surface area (Å²) in [7, 11) is 0. The zero-order valence-corrected chi connectivity index (χ0v) is 15.2. The van der Waals surface area contributed by atoms with E-state index in [0.717, 1.165) is 43.3 Å². The van der Waals surface area contributed by atoms with Gasteiger partial charge < -0.3 is 4.90 Å². The number of hydrogen-bond acceptors (Lipinski definition) is 2. The fourth-order valence-electron chi connectivity index (χ4n) is 3.10. The normalized spacial score (nSPS) is 15.9. The van der Waals surface area contributed by atoms with Gasteiger partial charge >= 0.3 is 0 Å². The van der Waals surface area contributed by atoms with Crippen LogP contribution in [-0.4, -0.2) is 31.1 Å². The minimum atomic E-state index is 0.693. The third-order valence-electron chi connectivity index (χ3n) is 4.49. The highest BCUT2D eigenvalue weighted by Crippen LogP contribution is 2.25. The molecule has 0 radical (unpaired) electrons. The second kappa shape index (κ2) is 7.12. The summed E-state index contributed by atoms with van der Waals surface area (Å²) in [4.78, 5) is 4.94. The van der Waals surface area contributed by atoms with Gasteiger partial charge in [-0.25, -0.2) is 0 Å². The van der Waals surface area contributed by atoms with E-state index in [4.69, 9.17) is 23.2 Å². The van der Waals surface area contributed by atoms with Crippen LogP contribution in [0.15, 0.2) is 36.4 Å². The van der Waals surface area contributed by atoms with Crippen molar-refractivity contribution >= 4 is 28.9 Å². The molecule has 4 heteroatoms. The Labute approximate surface area is 148 Å². The van der Waals surface area contributed by atoms with Gasteiger partial charge in [0.15, 0.2) is 0 Å². The van der Waals surface area contributed by atoms with Gasteiger partial charge in [-0.3, -0.25) is 4.90 Å². The van der Waals surface area contributed by atoms with Crippen LogP contribution in [0.1, 0.15) is 16.7 Å². The summed E-state index contributed by atoms with van der Waals surface area (Å²) in [6, 6.07) is 12.4. The van der Waals surface area contributed by atoms with Crippen LogP contribution in [0.2, 0.25) is 10.0 Å². The Morgan fingerprint density at radius 3 is 2.35 bits per heavy atom. The molecule has 0 aliphatic carbocycles. The first kappa shape index (κ1) is 16.6. The quantitative estimate of drug-likeness (QED) is 0.775. The number of nitrogens with zero attached hydrogens (tertiary/aromatic N) is 2. The summed E-state index contributed by atoms with van der Waals surface area (Å²) >= 11 is 12.3. The fourth-order valence-corrected chi connectivity index (χ4v) is 3.57. The second-order valence-corrected chi connectivity index (χ2v) is 7.13. The molecule has 23 heavy (non-hydrogen) atoms. The number of anilines is 1. The van der Waals surface area contributed by atoms with Crippen molar-refractivity contribution in [1.29, 1.82) is 0 Å². The molecule has 0 aromatic heterocycles. The molecular weight excluding hydrogens is 327 g/mol. The lowest BCUT2D eigenvalue weighted by Crippen LogP contribution is -2.46. The molecule has 1 saturated heterocycles. The lowest BCUT2D eigenvalue weighted by Gasteiger charge is -2.37. The molecule has 0 bridgehead atoms. The minimum absolute atomic E-state index is 0.693. The van der Waals surface area contributed by atoms with Crippen LogP contribution in [0.5, 0.6) is 0 Å². The van der Waals surface area contributed by atoms with Crippen molar-refractivity contribution in [3.05, 3.63) is 63.1 Å². The Kier molecular flexibility index (Phi) is 5.15. The molecule has 0 saturated carbocycles. The van der Waals surface area contributed by atoms with Crippen molar-refractivity contribution in [3.8, 4) is 0 Å². The Hall–Kier alpha value is -1.22. The predicted octanol–water partition coefficient (Wildman–Crippen LogP) is 4.93. The molecule has 1 aliphatic rings. The van der Waals surface area contributed by atoms with Gasteiger partial charge in [0.25, 0.3) is 0 Å². The van der Waals surface area contributed by atoms with E-state index >= 15 is 0 Å². The third kappa shape index (κ3) is 4.00. The van der Waals surface area contributed by atoms with Crippen molar-refractivity contribution in [2.24, 2.45) is 0 Å². The van der Waals surface area contributed by atoms with Gasteiger partial charge in [0, 0.05) is 48.5 Å². The van der Waals surface area contributed by atoms with Crippen LogP contribution < -0.4 is 4.90 Å². The third-order valence-corrected chi connectivity index (χ3v) is 5.07. The number of rotatable bonds is 3. The van der Waals surface area contributed by atoms with Gasteiger partial charge in [-0.15, -0.1) is 0 Å². The molecule has 122 valence electrons. The van der Waals surface area contributed by atoms with Gasteiger partial charge in [-0.2, -0.15) is 0 Å². The first-order valence-electron chi connectivity index (χ1n) is 8.01. The topological polar surface area (TPSA) is 6.48 Å². The monoisotopic (exact) mass is 348 g/mol. The smallest absolute Gasteiger partial charge is 0.0465 e. The molecule has 3 rings (SSSR count). The van der Waals surface area contributed by atoms with Gasteiger partial charge in [0.2, 0.25) is 0 Å². The molecular formula is C19H22Cl2N2. The summed E-state index contributed by atoms with van der Waals surface area (Å²) in [5.74, 6) is 0. The summed E-state index contributed by atoms with van der Waals surface area (Å²) in [5.41, 5.74) is 5.19. The molecule has 0 amide bonds. The Morgan fingerprint density at radius 1 is 0.913 bits per heavy atom. The first-order chi connectivity index (χ1) is 11.0. The molecule has 1 aliphatic heterocycles. The number of hydrogen-bond donors (Lipinski definition) is 0. The number of halogens is 2. The van der Waals surface area contributed by atoms with Crippen molar-refractivity contribution in [1.82, 2.24) is 4.90 Å². The van der Waals surface area contributed by atoms with Crippen molar-refractivity contribution in [2.45, 2.75) is 20.4 Å². The van der Waals surface area contributed by atoms with Gasteiger partial charge in [-0.1, -0.05) is 41.4 Å². The van der Waals surface area contributed by atoms with Crippen LogP contribution in [0.4, 0.5) is 5.69 Å². The van der Waals surface area contributed by atoms with E-state index in [1.807, 2.05) is 18.2 Å². The fraction of sp³-hybridized carbons (Fsp3) is 0.368. The van der Waals surface area contributed by atoms with Gasteiger partial charge in [0.1, 0.15) is 0 Å². The maximum absolute atomic E-state index is 6.29. The lowest BCUT2D eigenvalue weighted by molar-refractivity contribution is 0.250. The predicted molar refractivity (Wildman–Crippen MR) is 99.9 cm³/mol. The van der Waals surface area contributed by atoms with E-state index in [1.165, 1.54) is 16.8 Å². The van der Waals surface area contributed by atoms with Crippen LogP contribution in [0.25, 0.3) is 0 Å². The van der Waals surface area contributed by atoms with Crippen molar-refractivity contribution in [3.63, 3.8) is 0 Å². The SMILES string of the molecule is Cc1ccc(C)c(N2CCN(Cc3ccc(Cl)cc3Cl)CC2)c1. The van der Waals surface area contributed by atoms with E-state index in [9.17, 15) is 0 Å². The molecule has 0 atom stereocenters. The van der Waals surface area contributed by atoms with Gasteiger partial charge in [-0.05, 0) is 48.7 Å². The van der Waals surface area contributed by atoms with Gasteiger partial charge in [0.05, 0.1) is 0 Å². The minimum Gasteiger partial charge on any atom is -0.369 e. The second-order valence-electron chi connectivity index (χ2n) is 6.29. The Bertz CT molecular complexity index is 692. The van der Waals surface area contributed by atoms with E-state index in [-0.39, 0.29) is 0 Å². The average molecular weight is 349 g/mol. The van der Waals surface area contributed by atoms with E-state index in [0.29, 0.717) is 5.02 Å².